The van der Waals surface area contributed by atoms with E-state index < -0.39 is 15.7 Å². The zero-order valence-electron chi connectivity index (χ0n) is 20.2. The molecule has 2 aromatic rings. The molecule has 0 spiro atoms. The van der Waals surface area contributed by atoms with Crippen molar-refractivity contribution in [3.8, 4) is 5.75 Å². The number of sulfone groups is 1. The molecule has 0 bridgehead atoms. The molecule has 4 rings (SSSR count). The fraction of sp³-hybridized carbons (Fsp3) is 0.522. The van der Waals surface area contributed by atoms with Gasteiger partial charge >= 0.3 is 0 Å². The molecule has 2 aliphatic rings. The Morgan fingerprint density at radius 3 is 2.60 bits per heavy atom. The van der Waals surface area contributed by atoms with Gasteiger partial charge in [-0.25, -0.2) is 12.8 Å². The van der Waals surface area contributed by atoms with Gasteiger partial charge in [-0.1, -0.05) is 6.08 Å². The van der Waals surface area contributed by atoms with Crippen molar-refractivity contribution in [2.45, 2.75) is 37.8 Å². The smallest absolute Gasteiger partial charge is 0.233 e. The van der Waals surface area contributed by atoms with E-state index in [9.17, 15) is 12.8 Å². The van der Waals surface area contributed by atoms with Gasteiger partial charge in [-0.2, -0.15) is 15.0 Å². The van der Waals surface area contributed by atoms with Gasteiger partial charge in [0, 0.05) is 36.3 Å². The highest BCUT2D eigenvalue weighted by molar-refractivity contribution is 7.94. The van der Waals surface area contributed by atoms with E-state index in [4.69, 9.17) is 4.74 Å². The molecule has 3 heterocycles. The Hall–Kier alpha value is -2.99. The van der Waals surface area contributed by atoms with Crippen molar-refractivity contribution in [1.82, 2.24) is 19.9 Å². The number of nitrogens with one attached hydrogen (secondary N) is 2. The van der Waals surface area contributed by atoms with Crippen LogP contribution >= 0.6 is 0 Å². The van der Waals surface area contributed by atoms with E-state index in [1.165, 1.54) is 24.7 Å². The van der Waals surface area contributed by atoms with Crippen LogP contribution in [0.4, 0.5) is 27.9 Å². The molecule has 1 atom stereocenters. The van der Waals surface area contributed by atoms with Crippen LogP contribution in [0.3, 0.4) is 0 Å². The van der Waals surface area contributed by atoms with E-state index in [0.717, 1.165) is 25.9 Å². The van der Waals surface area contributed by atoms with Crippen LogP contribution in [-0.2, 0) is 9.84 Å². The number of anilines is 4. The maximum atomic E-state index is 14.2. The summed E-state index contributed by atoms with van der Waals surface area (Å²) < 4.78 is 43.1. The average molecular weight is 506 g/mol. The minimum atomic E-state index is -3.19. The molecule has 2 N–H and O–H groups in total. The molecular formula is C23H32FN7O3S. The maximum absolute atomic E-state index is 14.2. The molecule has 0 amide bonds. The van der Waals surface area contributed by atoms with Crippen LogP contribution in [0.5, 0.6) is 5.75 Å². The lowest BCUT2D eigenvalue weighted by Crippen LogP contribution is -2.42. The molecule has 1 saturated heterocycles. The zero-order chi connectivity index (χ0) is 25.0. The topological polar surface area (TPSA) is 113 Å². The number of methoxy groups -OCH3 is 1. The highest BCUT2D eigenvalue weighted by Crippen LogP contribution is 2.25. The Labute approximate surface area is 205 Å². The average Bonchev–Trinajstić information content (AvgIpc) is 2.99. The van der Waals surface area contributed by atoms with Gasteiger partial charge < -0.3 is 25.2 Å². The largest absolute Gasteiger partial charge is 0.494 e. The number of nitrogens with zero attached hydrogens (tertiary/aromatic N) is 5. The van der Waals surface area contributed by atoms with Gasteiger partial charge in [0.1, 0.15) is 0 Å². The quantitative estimate of drug-likeness (QED) is 0.582. The molecule has 1 aromatic heterocycles. The second-order valence-corrected chi connectivity index (χ2v) is 11.0. The van der Waals surface area contributed by atoms with Gasteiger partial charge in [-0.15, -0.1) is 0 Å². The van der Waals surface area contributed by atoms with Gasteiger partial charge in [0.15, 0.2) is 21.4 Å². The first-order chi connectivity index (χ1) is 16.7. The number of ether oxygens (including phenoxy) is 1. The molecular weight excluding hydrogens is 473 g/mol. The summed E-state index contributed by atoms with van der Waals surface area (Å²) in [7, 11) is 2.30. The third-order valence-corrected chi connectivity index (χ3v) is 7.80. The Balaban J connectivity index is 1.60. The van der Waals surface area contributed by atoms with E-state index in [2.05, 4.69) is 42.4 Å². The van der Waals surface area contributed by atoms with Gasteiger partial charge in [-0.3, -0.25) is 0 Å². The van der Waals surface area contributed by atoms with Crippen LogP contribution < -0.4 is 20.3 Å². The number of likely N-dealkylation sites (tertiary alicyclic amines) is 1. The summed E-state index contributed by atoms with van der Waals surface area (Å²) in [5, 5.41) is 7.61. The molecule has 12 heteroatoms. The van der Waals surface area contributed by atoms with Gasteiger partial charge in [0.05, 0.1) is 12.9 Å². The highest BCUT2D eigenvalue weighted by Gasteiger charge is 2.24. The number of rotatable bonds is 7. The Bertz CT molecular complexity index is 1170. The van der Waals surface area contributed by atoms with Crippen molar-refractivity contribution >= 4 is 33.4 Å². The SMILES string of the molecule is COc1ccc(Nc2nc(NC3CC=CS(=O)(=O)CC3)nc(N(C)C3CCN(C)CC3)n2)cc1F. The first-order valence-electron chi connectivity index (χ1n) is 11.7. The fourth-order valence-corrected chi connectivity index (χ4v) is 5.39. The van der Waals surface area contributed by atoms with Crippen molar-refractivity contribution in [3.05, 3.63) is 35.5 Å². The van der Waals surface area contributed by atoms with Crippen LogP contribution in [0, 0.1) is 5.82 Å². The number of aromatic nitrogens is 3. The Kier molecular flexibility index (Phi) is 7.70. The predicted molar refractivity (Wildman–Crippen MR) is 135 cm³/mol. The Morgan fingerprint density at radius 2 is 1.89 bits per heavy atom. The van der Waals surface area contributed by atoms with Crippen molar-refractivity contribution in [2.75, 3.05) is 55.6 Å². The monoisotopic (exact) mass is 505 g/mol. The summed E-state index contributed by atoms with van der Waals surface area (Å²) >= 11 is 0. The second kappa shape index (κ2) is 10.7. The standard InChI is InChI=1S/C23H32FN7O3S/c1-30-11-8-18(9-12-30)31(2)23-28-21(25-16-5-4-13-35(32,33)14-10-16)27-22(29-23)26-17-6-7-20(34-3)19(24)15-17/h4,6-7,13,15-16,18H,5,8-12,14H2,1-3H3,(H2,25,26,27,28,29). The Morgan fingerprint density at radius 1 is 1.14 bits per heavy atom. The molecule has 35 heavy (non-hydrogen) atoms. The summed E-state index contributed by atoms with van der Waals surface area (Å²) in [5.74, 6) is 0.797. The van der Waals surface area contributed by atoms with Crippen LogP contribution in [0.25, 0.3) is 0 Å². The number of benzene rings is 1. The highest BCUT2D eigenvalue weighted by atomic mass is 32.2. The summed E-state index contributed by atoms with van der Waals surface area (Å²) in [6, 6.07) is 4.66. The minimum absolute atomic E-state index is 0.0604. The zero-order valence-corrected chi connectivity index (χ0v) is 21.1. The lowest BCUT2D eigenvalue weighted by atomic mass is 10.0. The lowest BCUT2D eigenvalue weighted by molar-refractivity contribution is 0.252. The number of hydrogen-bond acceptors (Lipinski definition) is 10. The molecule has 1 aromatic carbocycles. The summed E-state index contributed by atoms with van der Waals surface area (Å²) in [6.07, 6.45) is 4.61. The molecule has 1 fully saturated rings. The first kappa shape index (κ1) is 25.1. The molecule has 0 saturated carbocycles. The predicted octanol–water partition coefficient (Wildman–Crippen LogP) is 2.80. The number of halogens is 1. The van der Waals surface area contributed by atoms with Crippen molar-refractivity contribution < 1.29 is 17.5 Å². The van der Waals surface area contributed by atoms with E-state index in [1.807, 2.05) is 7.05 Å². The van der Waals surface area contributed by atoms with Crippen LogP contribution in [0.1, 0.15) is 25.7 Å². The van der Waals surface area contributed by atoms with Gasteiger partial charge in [-0.05, 0) is 58.0 Å². The number of piperidine rings is 1. The normalized spacial score (nSPS) is 20.7. The molecule has 0 aliphatic carbocycles. The van der Waals surface area contributed by atoms with E-state index in [-0.39, 0.29) is 29.5 Å². The molecule has 190 valence electrons. The van der Waals surface area contributed by atoms with Gasteiger partial charge in [0.2, 0.25) is 17.8 Å². The van der Waals surface area contributed by atoms with Crippen molar-refractivity contribution in [2.24, 2.45) is 0 Å². The molecule has 0 radical (unpaired) electrons. The van der Waals surface area contributed by atoms with Gasteiger partial charge in [0.25, 0.3) is 0 Å². The molecule has 10 nitrogen and oxygen atoms in total. The maximum Gasteiger partial charge on any atom is 0.233 e. The van der Waals surface area contributed by atoms with Crippen molar-refractivity contribution in [3.63, 3.8) is 0 Å². The third kappa shape index (κ3) is 6.57. The van der Waals surface area contributed by atoms with Crippen LogP contribution in [0.15, 0.2) is 29.7 Å². The van der Waals surface area contributed by atoms with E-state index in [0.29, 0.717) is 30.4 Å². The van der Waals surface area contributed by atoms with Crippen LogP contribution in [0.2, 0.25) is 0 Å². The fourth-order valence-electron chi connectivity index (χ4n) is 4.23. The molecule has 1 unspecified atom stereocenters. The van der Waals surface area contributed by atoms with E-state index >= 15 is 0 Å². The summed E-state index contributed by atoms with van der Waals surface area (Å²) in [5.41, 5.74) is 0.469. The van der Waals surface area contributed by atoms with Crippen LogP contribution in [-0.4, -0.2) is 80.4 Å². The lowest BCUT2D eigenvalue weighted by Gasteiger charge is -2.35. The summed E-state index contributed by atoms with van der Waals surface area (Å²) in [4.78, 5) is 18.1. The van der Waals surface area contributed by atoms with Crippen molar-refractivity contribution in [1.29, 1.82) is 0 Å². The second-order valence-electron chi connectivity index (χ2n) is 9.01. The number of hydrogen-bond donors (Lipinski definition) is 2. The third-order valence-electron chi connectivity index (χ3n) is 6.39. The first-order valence-corrected chi connectivity index (χ1v) is 13.4. The molecule has 2 aliphatic heterocycles. The summed E-state index contributed by atoms with van der Waals surface area (Å²) in [6.45, 7) is 1.98. The minimum Gasteiger partial charge on any atom is -0.494 e. The van der Waals surface area contributed by atoms with E-state index in [1.54, 1.807) is 12.1 Å².